The fourth-order valence-corrected chi connectivity index (χ4v) is 4.51. The van der Waals surface area contributed by atoms with E-state index in [0.717, 1.165) is 5.69 Å². The Hall–Kier alpha value is -2.61. The molecule has 2 heterocycles. The molecule has 7 nitrogen and oxygen atoms in total. The van der Waals surface area contributed by atoms with Gasteiger partial charge in [-0.3, -0.25) is 4.98 Å². The van der Waals surface area contributed by atoms with Gasteiger partial charge >= 0.3 is 6.03 Å². The molecule has 1 aromatic carbocycles. The molecule has 1 N–H and O–H groups in total. The number of urea groups is 1. The summed E-state index contributed by atoms with van der Waals surface area (Å²) >= 11 is 0. The standard InChI is InChI=1S/C18H21N3O4S/c1-21(16-9-11-26(23,24)13-16)18(22)20-14-5-7-17(8-6-14)25-12-15-4-2-3-10-19-15/h2-8,10,16H,9,11-13H2,1H3,(H,20,22)/t16-/m0/s1. The number of hydrogen-bond acceptors (Lipinski definition) is 5. The van der Waals surface area contributed by atoms with Crippen LogP contribution < -0.4 is 10.1 Å². The number of carbonyl (C=O) groups is 1. The van der Waals surface area contributed by atoms with E-state index in [0.29, 0.717) is 24.5 Å². The summed E-state index contributed by atoms with van der Waals surface area (Å²) in [6.07, 6.45) is 2.19. The minimum Gasteiger partial charge on any atom is -0.487 e. The summed E-state index contributed by atoms with van der Waals surface area (Å²) in [6.45, 7) is 0.367. The third-order valence-corrected chi connectivity index (χ3v) is 6.05. The molecule has 0 spiro atoms. The Morgan fingerprint density at radius 1 is 1.27 bits per heavy atom. The Bertz CT molecular complexity index is 854. The van der Waals surface area contributed by atoms with Gasteiger partial charge < -0.3 is 15.0 Å². The smallest absolute Gasteiger partial charge is 0.321 e. The highest BCUT2D eigenvalue weighted by molar-refractivity contribution is 7.91. The molecule has 1 atom stereocenters. The van der Waals surface area contributed by atoms with E-state index in [1.54, 1.807) is 37.5 Å². The van der Waals surface area contributed by atoms with Gasteiger partial charge in [0.25, 0.3) is 0 Å². The Morgan fingerprint density at radius 3 is 2.65 bits per heavy atom. The van der Waals surface area contributed by atoms with Crippen LogP contribution in [-0.4, -0.2) is 48.9 Å². The molecule has 0 radical (unpaired) electrons. The van der Waals surface area contributed by atoms with Gasteiger partial charge in [-0.1, -0.05) is 6.07 Å². The van der Waals surface area contributed by atoms with Crippen molar-refractivity contribution < 1.29 is 17.9 Å². The molecule has 1 aliphatic rings. The second-order valence-electron chi connectivity index (χ2n) is 6.23. The largest absolute Gasteiger partial charge is 0.487 e. The number of nitrogens with one attached hydrogen (secondary N) is 1. The molecule has 1 fully saturated rings. The molecule has 1 aromatic heterocycles. The maximum Gasteiger partial charge on any atom is 0.321 e. The fraction of sp³-hybridized carbons (Fsp3) is 0.333. The quantitative estimate of drug-likeness (QED) is 0.866. The summed E-state index contributed by atoms with van der Waals surface area (Å²) in [7, 11) is -1.41. The molecule has 3 rings (SSSR count). The molecule has 2 aromatic rings. The molecule has 0 aliphatic carbocycles. The zero-order valence-corrected chi connectivity index (χ0v) is 15.3. The lowest BCUT2D eigenvalue weighted by atomic mass is 10.2. The van der Waals surface area contributed by atoms with Crippen LogP contribution >= 0.6 is 0 Å². The third-order valence-electron chi connectivity index (χ3n) is 4.29. The highest BCUT2D eigenvalue weighted by Crippen LogP contribution is 2.20. The topological polar surface area (TPSA) is 88.6 Å². The highest BCUT2D eigenvalue weighted by Gasteiger charge is 2.32. The van der Waals surface area contributed by atoms with Gasteiger partial charge in [-0.05, 0) is 42.8 Å². The first-order chi connectivity index (χ1) is 12.4. The molecule has 26 heavy (non-hydrogen) atoms. The minimum atomic E-state index is -3.03. The lowest BCUT2D eigenvalue weighted by Crippen LogP contribution is -2.40. The van der Waals surface area contributed by atoms with E-state index >= 15 is 0 Å². The number of carbonyl (C=O) groups excluding carboxylic acids is 1. The number of amides is 2. The van der Waals surface area contributed by atoms with Crippen molar-refractivity contribution in [3.63, 3.8) is 0 Å². The average molecular weight is 375 g/mol. The summed E-state index contributed by atoms with van der Waals surface area (Å²) < 4.78 is 28.8. The third kappa shape index (κ3) is 4.72. The monoisotopic (exact) mass is 375 g/mol. The number of rotatable bonds is 5. The molecule has 1 saturated heterocycles. The molecule has 0 unspecified atom stereocenters. The number of benzene rings is 1. The van der Waals surface area contributed by atoms with E-state index in [-0.39, 0.29) is 23.6 Å². The van der Waals surface area contributed by atoms with Crippen molar-refractivity contribution >= 4 is 21.6 Å². The van der Waals surface area contributed by atoms with Crippen LogP contribution in [-0.2, 0) is 16.4 Å². The lowest BCUT2D eigenvalue weighted by molar-refractivity contribution is 0.209. The number of hydrogen-bond donors (Lipinski definition) is 1. The van der Waals surface area contributed by atoms with Crippen molar-refractivity contribution in [2.45, 2.75) is 19.1 Å². The summed E-state index contributed by atoms with van der Waals surface area (Å²) in [6, 6.07) is 12.0. The highest BCUT2D eigenvalue weighted by atomic mass is 32.2. The Balaban J connectivity index is 1.53. The number of anilines is 1. The minimum absolute atomic E-state index is 0.0250. The van der Waals surface area contributed by atoms with Gasteiger partial charge in [-0.2, -0.15) is 0 Å². The first kappa shape index (κ1) is 18.2. The van der Waals surface area contributed by atoms with Crippen LogP contribution in [0.2, 0.25) is 0 Å². The summed E-state index contributed by atoms with van der Waals surface area (Å²) in [5.41, 5.74) is 1.45. The van der Waals surface area contributed by atoms with Gasteiger partial charge in [0.1, 0.15) is 12.4 Å². The van der Waals surface area contributed by atoms with Crippen LogP contribution in [0.1, 0.15) is 12.1 Å². The van der Waals surface area contributed by atoms with Gasteiger partial charge in [0, 0.05) is 25.0 Å². The van der Waals surface area contributed by atoms with Gasteiger partial charge in [0.05, 0.1) is 17.2 Å². The van der Waals surface area contributed by atoms with Crippen molar-refractivity contribution in [1.29, 1.82) is 0 Å². The molecular formula is C18H21N3O4S. The predicted octanol–water partition coefficient (Wildman–Crippen LogP) is 2.31. The molecule has 2 amide bonds. The van der Waals surface area contributed by atoms with Gasteiger partial charge in [0.15, 0.2) is 9.84 Å². The van der Waals surface area contributed by atoms with Crippen LogP contribution in [0.4, 0.5) is 10.5 Å². The normalized spacial score (nSPS) is 18.3. The van der Waals surface area contributed by atoms with Crippen molar-refractivity contribution in [1.82, 2.24) is 9.88 Å². The van der Waals surface area contributed by atoms with Crippen molar-refractivity contribution in [3.05, 3.63) is 54.4 Å². The summed E-state index contributed by atoms with van der Waals surface area (Å²) in [5.74, 6) is 0.832. The van der Waals surface area contributed by atoms with E-state index in [9.17, 15) is 13.2 Å². The second kappa shape index (κ2) is 7.74. The molecule has 138 valence electrons. The summed E-state index contributed by atoms with van der Waals surface area (Å²) in [5, 5.41) is 2.77. The molecular weight excluding hydrogens is 354 g/mol. The SMILES string of the molecule is CN(C(=O)Nc1ccc(OCc2ccccn2)cc1)[C@H]1CCS(=O)(=O)C1. The maximum atomic E-state index is 12.3. The number of pyridine rings is 1. The van der Waals surface area contributed by atoms with Crippen LogP contribution in [0.15, 0.2) is 48.7 Å². The zero-order valence-electron chi connectivity index (χ0n) is 14.5. The van der Waals surface area contributed by atoms with Gasteiger partial charge in [-0.15, -0.1) is 0 Å². The average Bonchev–Trinajstić information content (AvgIpc) is 3.01. The van der Waals surface area contributed by atoms with Gasteiger partial charge in [-0.25, -0.2) is 13.2 Å². The predicted molar refractivity (Wildman–Crippen MR) is 98.9 cm³/mol. The molecule has 0 bridgehead atoms. The van der Waals surface area contributed by atoms with Crippen LogP contribution in [0.5, 0.6) is 5.75 Å². The summed E-state index contributed by atoms with van der Waals surface area (Å²) in [4.78, 5) is 17.9. The zero-order chi connectivity index (χ0) is 18.6. The molecule has 0 saturated carbocycles. The number of ether oxygens (including phenoxy) is 1. The fourth-order valence-electron chi connectivity index (χ4n) is 2.73. The van der Waals surface area contributed by atoms with E-state index in [4.69, 9.17) is 4.74 Å². The second-order valence-corrected chi connectivity index (χ2v) is 8.46. The van der Waals surface area contributed by atoms with Crippen LogP contribution in [0.25, 0.3) is 0 Å². The molecule has 1 aliphatic heterocycles. The number of aromatic nitrogens is 1. The first-order valence-electron chi connectivity index (χ1n) is 8.30. The first-order valence-corrected chi connectivity index (χ1v) is 10.1. The number of sulfone groups is 1. The van der Waals surface area contributed by atoms with E-state index in [1.165, 1.54) is 4.90 Å². The van der Waals surface area contributed by atoms with Crippen molar-refractivity contribution in [3.8, 4) is 5.75 Å². The van der Waals surface area contributed by atoms with Gasteiger partial charge in [0.2, 0.25) is 0 Å². The van der Waals surface area contributed by atoms with Crippen molar-refractivity contribution in [2.24, 2.45) is 0 Å². The van der Waals surface area contributed by atoms with E-state index < -0.39 is 9.84 Å². The maximum absolute atomic E-state index is 12.3. The van der Waals surface area contributed by atoms with Crippen LogP contribution in [0, 0.1) is 0 Å². The van der Waals surface area contributed by atoms with Crippen molar-refractivity contribution in [2.75, 3.05) is 23.9 Å². The Kier molecular flexibility index (Phi) is 5.41. The molecule has 8 heteroatoms. The van der Waals surface area contributed by atoms with Crippen LogP contribution in [0.3, 0.4) is 0 Å². The van der Waals surface area contributed by atoms with E-state index in [2.05, 4.69) is 10.3 Å². The Morgan fingerprint density at radius 2 is 2.04 bits per heavy atom. The van der Waals surface area contributed by atoms with E-state index in [1.807, 2.05) is 18.2 Å². The lowest BCUT2D eigenvalue weighted by Gasteiger charge is -2.23. The Labute approximate surface area is 152 Å². The number of nitrogens with zero attached hydrogens (tertiary/aromatic N) is 2.